The highest BCUT2D eigenvalue weighted by Crippen LogP contribution is 2.46. The van der Waals surface area contributed by atoms with Crippen LogP contribution in [0.2, 0.25) is 0 Å². The first-order valence-corrected chi connectivity index (χ1v) is 7.25. The molecule has 1 saturated heterocycles. The lowest BCUT2D eigenvalue weighted by Gasteiger charge is -2.39. The molecule has 6 nitrogen and oxygen atoms in total. The maximum atomic E-state index is 10.9. The molecule has 20 heavy (non-hydrogen) atoms. The summed E-state index contributed by atoms with van der Waals surface area (Å²) in [5.74, 6) is 0.861. The predicted octanol–water partition coefficient (Wildman–Crippen LogP) is 2.73. The monoisotopic (exact) mass is 276 g/mol. The van der Waals surface area contributed by atoms with E-state index < -0.39 is 4.92 Å². The number of nitrogens with zero attached hydrogens (tertiary/aromatic N) is 3. The van der Waals surface area contributed by atoms with Crippen molar-refractivity contribution in [1.82, 2.24) is 4.98 Å². The summed E-state index contributed by atoms with van der Waals surface area (Å²) in [4.78, 5) is 16.9. The van der Waals surface area contributed by atoms with E-state index in [1.807, 2.05) is 0 Å². The molecule has 0 aromatic carbocycles. The van der Waals surface area contributed by atoms with Crippen LogP contribution in [0.3, 0.4) is 0 Å². The Morgan fingerprint density at radius 2 is 1.85 bits per heavy atom. The van der Waals surface area contributed by atoms with Crippen molar-refractivity contribution in [2.24, 2.45) is 5.41 Å². The van der Waals surface area contributed by atoms with Crippen molar-refractivity contribution in [1.29, 1.82) is 0 Å². The molecule has 1 spiro atoms. The Labute approximate surface area is 118 Å². The van der Waals surface area contributed by atoms with Gasteiger partial charge in [0.05, 0.1) is 17.1 Å². The molecule has 1 aromatic rings. The van der Waals surface area contributed by atoms with E-state index in [0.29, 0.717) is 11.2 Å². The Bertz CT molecular complexity index is 516. The van der Waals surface area contributed by atoms with Crippen LogP contribution in [0.1, 0.15) is 38.5 Å². The molecular weight excluding hydrogens is 256 g/mol. The second-order valence-corrected chi connectivity index (χ2v) is 6.06. The van der Waals surface area contributed by atoms with Crippen LogP contribution in [0.15, 0.2) is 12.1 Å². The molecule has 2 N–H and O–H groups in total. The summed E-state index contributed by atoms with van der Waals surface area (Å²) >= 11 is 0. The maximum absolute atomic E-state index is 10.9. The topological polar surface area (TPSA) is 85.3 Å². The van der Waals surface area contributed by atoms with E-state index in [-0.39, 0.29) is 11.5 Å². The Morgan fingerprint density at radius 1 is 1.20 bits per heavy atom. The quantitative estimate of drug-likeness (QED) is 0.663. The molecule has 0 bridgehead atoms. The van der Waals surface area contributed by atoms with Gasteiger partial charge in [-0.25, -0.2) is 4.98 Å². The van der Waals surface area contributed by atoms with Gasteiger partial charge in [0.2, 0.25) is 0 Å². The number of aromatic nitrogens is 1. The van der Waals surface area contributed by atoms with Crippen LogP contribution in [0.5, 0.6) is 0 Å². The fraction of sp³-hybridized carbons (Fsp3) is 0.643. The van der Waals surface area contributed by atoms with Crippen LogP contribution < -0.4 is 10.6 Å². The summed E-state index contributed by atoms with van der Waals surface area (Å²) in [6, 6.07) is 2.84. The maximum Gasteiger partial charge on any atom is 0.276 e. The molecule has 2 heterocycles. The zero-order valence-corrected chi connectivity index (χ0v) is 11.5. The fourth-order valence-electron chi connectivity index (χ4n) is 3.62. The number of nitrogens with two attached hydrogens (primary N) is 1. The Hall–Kier alpha value is -1.85. The zero-order valence-electron chi connectivity index (χ0n) is 11.5. The summed E-state index contributed by atoms with van der Waals surface area (Å²) < 4.78 is 0. The van der Waals surface area contributed by atoms with Gasteiger partial charge >= 0.3 is 0 Å². The first kappa shape index (κ1) is 13.1. The predicted molar refractivity (Wildman–Crippen MR) is 77.7 cm³/mol. The lowest BCUT2D eigenvalue weighted by atomic mass is 9.77. The average molecular weight is 276 g/mol. The summed E-state index contributed by atoms with van der Waals surface area (Å²) in [7, 11) is 0. The highest BCUT2D eigenvalue weighted by molar-refractivity contribution is 5.54. The van der Waals surface area contributed by atoms with Gasteiger partial charge < -0.3 is 10.6 Å². The molecule has 1 aliphatic heterocycles. The van der Waals surface area contributed by atoms with Gasteiger partial charge in [0.15, 0.2) is 0 Å². The summed E-state index contributed by atoms with van der Waals surface area (Å²) in [5.41, 5.74) is 6.23. The minimum atomic E-state index is -0.413. The molecule has 3 rings (SSSR count). The molecule has 1 aromatic heterocycles. The van der Waals surface area contributed by atoms with Gasteiger partial charge in [0.1, 0.15) is 11.6 Å². The number of nitrogen functional groups attached to an aromatic ring is 1. The van der Waals surface area contributed by atoms with Gasteiger partial charge in [-0.15, -0.1) is 0 Å². The smallest absolute Gasteiger partial charge is 0.276 e. The van der Waals surface area contributed by atoms with Gasteiger partial charge in [-0.1, -0.05) is 12.8 Å². The highest BCUT2D eigenvalue weighted by Gasteiger charge is 2.37. The van der Waals surface area contributed by atoms with Crippen LogP contribution >= 0.6 is 0 Å². The lowest BCUT2D eigenvalue weighted by Crippen LogP contribution is -2.39. The largest absolute Gasteiger partial charge is 0.383 e. The summed E-state index contributed by atoms with van der Waals surface area (Å²) in [6.45, 7) is 1.85. The SMILES string of the molecule is Nc1cc([N+](=O)[O-])cc(N2CCC3(CCCC3)CC2)n1. The third kappa shape index (κ3) is 2.42. The van der Waals surface area contributed by atoms with Crippen molar-refractivity contribution in [3.8, 4) is 0 Å². The number of hydrogen-bond acceptors (Lipinski definition) is 5. The van der Waals surface area contributed by atoms with Crippen molar-refractivity contribution in [2.75, 3.05) is 23.7 Å². The molecule has 6 heteroatoms. The van der Waals surface area contributed by atoms with Gasteiger partial charge in [-0.05, 0) is 31.1 Å². The minimum Gasteiger partial charge on any atom is -0.383 e. The van der Waals surface area contributed by atoms with Crippen molar-refractivity contribution < 1.29 is 4.92 Å². The van der Waals surface area contributed by atoms with E-state index in [1.54, 1.807) is 0 Å². The van der Waals surface area contributed by atoms with Crippen molar-refractivity contribution in [3.05, 3.63) is 22.2 Å². The molecule has 2 fully saturated rings. The van der Waals surface area contributed by atoms with E-state index in [9.17, 15) is 10.1 Å². The minimum absolute atomic E-state index is 0.0219. The van der Waals surface area contributed by atoms with Gasteiger partial charge in [0, 0.05) is 13.1 Å². The van der Waals surface area contributed by atoms with Crippen LogP contribution in [-0.4, -0.2) is 23.0 Å². The van der Waals surface area contributed by atoms with Gasteiger partial charge in [-0.2, -0.15) is 0 Å². The number of rotatable bonds is 2. The third-order valence-electron chi connectivity index (χ3n) is 4.84. The number of hydrogen-bond donors (Lipinski definition) is 1. The third-order valence-corrected chi connectivity index (χ3v) is 4.84. The molecule has 1 saturated carbocycles. The molecule has 0 amide bonds. The second kappa shape index (κ2) is 4.92. The van der Waals surface area contributed by atoms with Crippen molar-refractivity contribution >= 4 is 17.3 Å². The first-order valence-electron chi connectivity index (χ1n) is 7.25. The Kier molecular flexibility index (Phi) is 3.23. The molecule has 0 unspecified atom stereocenters. The number of pyridine rings is 1. The molecule has 0 atom stereocenters. The van der Waals surface area contributed by atoms with E-state index in [4.69, 9.17) is 5.73 Å². The van der Waals surface area contributed by atoms with Crippen LogP contribution in [0.4, 0.5) is 17.3 Å². The Balaban J connectivity index is 1.76. The summed E-state index contributed by atoms with van der Waals surface area (Å²) in [5, 5.41) is 10.9. The molecule has 0 radical (unpaired) electrons. The van der Waals surface area contributed by atoms with Crippen molar-refractivity contribution in [3.63, 3.8) is 0 Å². The van der Waals surface area contributed by atoms with E-state index in [0.717, 1.165) is 25.9 Å². The number of nitro groups is 1. The van der Waals surface area contributed by atoms with Gasteiger partial charge in [-0.3, -0.25) is 10.1 Å². The van der Waals surface area contributed by atoms with E-state index in [1.165, 1.54) is 37.8 Å². The highest BCUT2D eigenvalue weighted by atomic mass is 16.6. The first-order chi connectivity index (χ1) is 9.58. The van der Waals surface area contributed by atoms with Crippen LogP contribution in [0, 0.1) is 15.5 Å². The van der Waals surface area contributed by atoms with Gasteiger partial charge in [0.25, 0.3) is 5.69 Å². The lowest BCUT2D eigenvalue weighted by molar-refractivity contribution is -0.384. The molecule has 2 aliphatic rings. The molecule has 1 aliphatic carbocycles. The molecule has 108 valence electrons. The Morgan fingerprint density at radius 3 is 2.45 bits per heavy atom. The van der Waals surface area contributed by atoms with E-state index in [2.05, 4.69) is 9.88 Å². The number of piperidine rings is 1. The standard InChI is InChI=1S/C14H20N4O2/c15-12-9-11(18(19)20)10-13(16-12)17-7-5-14(6-8-17)3-1-2-4-14/h9-10H,1-8H2,(H2,15,16). The fourth-order valence-corrected chi connectivity index (χ4v) is 3.62. The second-order valence-electron chi connectivity index (χ2n) is 6.06. The molecular formula is C14H20N4O2. The van der Waals surface area contributed by atoms with Crippen LogP contribution in [0.25, 0.3) is 0 Å². The average Bonchev–Trinajstić information content (AvgIpc) is 2.87. The normalized spacial score (nSPS) is 21.3. The summed E-state index contributed by atoms with van der Waals surface area (Å²) in [6.07, 6.45) is 7.70. The zero-order chi connectivity index (χ0) is 14.2. The van der Waals surface area contributed by atoms with E-state index >= 15 is 0 Å². The van der Waals surface area contributed by atoms with Crippen LogP contribution in [-0.2, 0) is 0 Å². The van der Waals surface area contributed by atoms with Crippen molar-refractivity contribution in [2.45, 2.75) is 38.5 Å². The number of anilines is 2.